The molecule has 1 nitrogen and oxygen atoms in total. The minimum atomic E-state index is -0.557. The summed E-state index contributed by atoms with van der Waals surface area (Å²) in [6, 6.07) is 8.44. The molecule has 1 unspecified atom stereocenters. The standard InChI is InChI=1S/C13H14FNS/c1-9-7-11(8-16-9)13(2,15)10-3-5-12(14)6-4-10/h3-8H,15H2,1-2H3. The Bertz CT molecular complexity index is 485. The lowest BCUT2D eigenvalue weighted by Gasteiger charge is -2.24. The highest BCUT2D eigenvalue weighted by Gasteiger charge is 2.24. The molecule has 1 atom stereocenters. The predicted octanol–water partition coefficient (Wildman–Crippen LogP) is 3.42. The van der Waals surface area contributed by atoms with Crippen LogP contribution in [0.25, 0.3) is 0 Å². The van der Waals surface area contributed by atoms with Crippen molar-refractivity contribution in [2.45, 2.75) is 19.4 Å². The Hall–Kier alpha value is -1.19. The molecule has 0 bridgehead atoms. The van der Waals surface area contributed by atoms with Crippen molar-refractivity contribution in [1.29, 1.82) is 0 Å². The summed E-state index contributed by atoms with van der Waals surface area (Å²) in [7, 11) is 0. The monoisotopic (exact) mass is 235 g/mol. The van der Waals surface area contributed by atoms with Crippen molar-refractivity contribution in [3.63, 3.8) is 0 Å². The van der Waals surface area contributed by atoms with Crippen molar-refractivity contribution in [3.8, 4) is 0 Å². The van der Waals surface area contributed by atoms with E-state index in [0.717, 1.165) is 11.1 Å². The van der Waals surface area contributed by atoms with Crippen molar-refractivity contribution in [1.82, 2.24) is 0 Å². The minimum Gasteiger partial charge on any atom is -0.318 e. The maximum Gasteiger partial charge on any atom is 0.123 e. The van der Waals surface area contributed by atoms with E-state index < -0.39 is 5.54 Å². The number of aryl methyl sites for hydroxylation is 1. The van der Waals surface area contributed by atoms with E-state index in [-0.39, 0.29) is 5.82 Å². The van der Waals surface area contributed by atoms with Gasteiger partial charge in [0.25, 0.3) is 0 Å². The van der Waals surface area contributed by atoms with Gasteiger partial charge in [-0.1, -0.05) is 12.1 Å². The quantitative estimate of drug-likeness (QED) is 0.848. The number of benzene rings is 1. The lowest BCUT2D eigenvalue weighted by atomic mass is 9.87. The second-order valence-electron chi connectivity index (χ2n) is 4.16. The maximum atomic E-state index is 12.8. The van der Waals surface area contributed by atoms with Gasteiger partial charge in [0, 0.05) is 4.88 Å². The van der Waals surface area contributed by atoms with E-state index in [0.29, 0.717) is 0 Å². The van der Waals surface area contributed by atoms with Gasteiger partial charge in [-0.3, -0.25) is 0 Å². The first-order valence-corrected chi connectivity index (χ1v) is 5.98. The Morgan fingerprint density at radius 1 is 1.19 bits per heavy atom. The maximum absolute atomic E-state index is 12.8. The molecule has 0 saturated carbocycles. The normalized spacial score (nSPS) is 14.8. The van der Waals surface area contributed by atoms with Gasteiger partial charge in [-0.2, -0.15) is 0 Å². The molecule has 0 fully saturated rings. The largest absolute Gasteiger partial charge is 0.318 e. The molecule has 0 aliphatic heterocycles. The lowest BCUT2D eigenvalue weighted by Crippen LogP contribution is -2.33. The topological polar surface area (TPSA) is 26.0 Å². The first-order valence-electron chi connectivity index (χ1n) is 5.10. The Morgan fingerprint density at radius 2 is 1.81 bits per heavy atom. The first kappa shape index (κ1) is 11.3. The van der Waals surface area contributed by atoms with Crippen LogP contribution in [0.4, 0.5) is 4.39 Å². The molecule has 0 saturated heterocycles. The zero-order valence-electron chi connectivity index (χ0n) is 9.33. The van der Waals surface area contributed by atoms with Crippen LogP contribution in [-0.2, 0) is 5.54 Å². The molecule has 0 amide bonds. The minimum absolute atomic E-state index is 0.235. The number of hydrogen-bond donors (Lipinski definition) is 1. The molecule has 0 aliphatic rings. The van der Waals surface area contributed by atoms with Crippen molar-refractivity contribution in [2.24, 2.45) is 5.73 Å². The summed E-state index contributed by atoms with van der Waals surface area (Å²) in [5.41, 5.74) is 7.74. The fourth-order valence-electron chi connectivity index (χ4n) is 1.68. The van der Waals surface area contributed by atoms with Crippen LogP contribution in [0.1, 0.15) is 22.9 Å². The second-order valence-corrected chi connectivity index (χ2v) is 5.27. The van der Waals surface area contributed by atoms with E-state index in [1.54, 1.807) is 23.5 Å². The fourth-order valence-corrected chi connectivity index (χ4v) is 2.50. The summed E-state index contributed by atoms with van der Waals surface area (Å²) in [5.74, 6) is -0.235. The van der Waals surface area contributed by atoms with Gasteiger partial charge in [-0.25, -0.2) is 4.39 Å². The van der Waals surface area contributed by atoms with Crippen LogP contribution >= 0.6 is 11.3 Å². The molecule has 0 radical (unpaired) electrons. The molecular weight excluding hydrogens is 221 g/mol. The number of thiophene rings is 1. The Balaban J connectivity index is 2.42. The van der Waals surface area contributed by atoms with E-state index in [4.69, 9.17) is 5.73 Å². The highest BCUT2D eigenvalue weighted by atomic mass is 32.1. The lowest BCUT2D eigenvalue weighted by molar-refractivity contribution is 0.595. The van der Waals surface area contributed by atoms with Gasteiger partial charge in [0.05, 0.1) is 5.54 Å². The average Bonchev–Trinajstić information content (AvgIpc) is 2.66. The summed E-state index contributed by atoms with van der Waals surface area (Å²) in [5, 5.41) is 2.05. The third-order valence-corrected chi connectivity index (χ3v) is 3.64. The molecular formula is C13H14FNS. The molecule has 2 N–H and O–H groups in total. The SMILES string of the molecule is Cc1cc(C(C)(N)c2ccc(F)cc2)cs1. The van der Waals surface area contributed by atoms with Crippen LogP contribution in [0, 0.1) is 12.7 Å². The number of halogens is 1. The molecule has 1 aromatic heterocycles. The number of hydrogen-bond acceptors (Lipinski definition) is 2. The predicted molar refractivity (Wildman–Crippen MR) is 66.1 cm³/mol. The third-order valence-electron chi connectivity index (χ3n) is 2.77. The van der Waals surface area contributed by atoms with Crippen molar-refractivity contribution in [3.05, 3.63) is 57.5 Å². The summed E-state index contributed by atoms with van der Waals surface area (Å²) >= 11 is 1.68. The zero-order chi connectivity index (χ0) is 11.8. The van der Waals surface area contributed by atoms with Crippen molar-refractivity contribution >= 4 is 11.3 Å². The molecule has 3 heteroatoms. The van der Waals surface area contributed by atoms with Gasteiger partial charge >= 0.3 is 0 Å². The van der Waals surface area contributed by atoms with E-state index >= 15 is 0 Å². The third kappa shape index (κ3) is 2.01. The zero-order valence-corrected chi connectivity index (χ0v) is 10.1. The van der Waals surface area contributed by atoms with Crippen LogP contribution in [0.2, 0.25) is 0 Å². The van der Waals surface area contributed by atoms with Crippen LogP contribution in [0.3, 0.4) is 0 Å². The molecule has 84 valence electrons. The van der Waals surface area contributed by atoms with E-state index in [2.05, 4.69) is 18.4 Å². The number of rotatable bonds is 2. The molecule has 0 spiro atoms. The van der Waals surface area contributed by atoms with Gasteiger partial charge in [0.1, 0.15) is 5.82 Å². The van der Waals surface area contributed by atoms with Crippen LogP contribution in [-0.4, -0.2) is 0 Å². The molecule has 2 rings (SSSR count). The molecule has 2 aromatic rings. The highest BCUT2D eigenvalue weighted by Crippen LogP contribution is 2.29. The van der Waals surface area contributed by atoms with E-state index in [9.17, 15) is 4.39 Å². The first-order chi connectivity index (χ1) is 7.50. The summed E-state index contributed by atoms with van der Waals surface area (Å²) in [6.07, 6.45) is 0. The van der Waals surface area contributed by atoms with Gasteiger partial charge in [0.2, 0.25) is 0 Å². The van der Waals surface area contributed by atoms with Gasteiger partial charge in [0.15, 0.2) is 0 Å². The molecule has 1 aromatic carbocycles. The van der Waals surface area contributed by atoms with Crippen LogP contribution in [0.15, 0.2) is 35.7 Å². The van der Waals surface area contributed by atoms with E-state index in [1.165, 1.54) is 17.0 Å². The van der Waals surface area contributed by atoms with E-state index in [1.807, 2.05) is 6.92 Å². The highest BCUT2D eigenvalue weighted by molar-refractivity contribution is 7.10. The average molecular weight is 235 g/mol. The van der Waals surface area contributed by atoms with Gasteiger partial charge in [-0.05, 0) is 48.6 Å². The molecule has 1 heterocycles. The van der Waals surface area contributed by atoms with Crippen molar-refractivity contribution < 1.29 is 4.39 Å². The number of nitrogens with two attached hydrogens (primary N) is 1. The van der Waals surface area contributed by atoms with Crippen molar-refractivity contribution in [2.75, 3.05) is 0 Å². The van der Waals surface area contributed by atoms with Crippen LogP contribution < -0.4 is 5.73 Å². The molecule has 0 aliphatic carbocycles. The smallest absolute Gasteiger partial charge is 0.123 e. The summed E-state index contributed by atoms with van der Waals surface area (Å²) in [6.45, 7) is 4.00. The molecule has 16 heavy (non-hydrogen) atoms. The second kappa shape index (κ2) is 4.00. The Kier molecular flexibility index (Phi) is 2.82. The Morgan fingerprint density at radius 3 is 2.31 bits per heavy atom. The Labute approximate surface area is 98.7 Å². The summed E-state index contributed by atoms with van der Waals surface area (Å²) in [4.78, 5) is 1.23. The summed E-state index contributed by atoms with van der Waals surface area (Å²) < 4.78 is 12.8. The van der Waals surface area contributed by atoms with Gasteiger partial charge < -0.3 is 5.73 Å². The fraction of sp³-hybridized carbons (Fsp3) is 0.231. The van der Waals surface area contributed by atoms with Gasteiger partial charge in [-0.15, -0.1) is 11.3 Å². The van der Waals surface area contributed by atoms with Crippen LogP contribution in [0.5, 0.6) is 0 Å².